The van der Waals surface area contributed by atoms with Gasteiger partial charge in [-0.05, 0) is 60.4 Å². The number of hydrogen-bond acceptors (Lipinski definition) is 6. The van der Waals surface area contributed by atoms with Crippen LogP contribution in [0.5, 0.6) is 0 Å². The number of fused-ring (bicyclic) bond motifs is 2. The second kappa shape index (κ2) is 8.02. The van der Waals surface area contributed by atoms with Crippen LogP contribution in [0.1, 0.15) is 28.9 Å². The van der Waals surface area contributed by atoms with Crippen LogP contribution in [0.15, 0.2) is 84.0 Å². The fourth-order valence-corrected chi connectivity index (χ4v) is 4.41. The average molecular weight is 434 g/mol. The smallest absolute Gasteiger partial charge is 0.159 e. The molecule has 0 fully saturated rings. The highest BCUT2D eigenvalue weighted by molar-refractivity contribution is 6.15. The molecule has 1 aliphatic heterocycles. The molecule has 1 aliphatic carbocycles. The molecule has 33 heavy (non-hydrogen) atoms. The van der Waals surface area contributed by atoms with Gasteiger partial charge in [0.05, 0.1) is 22.8 Å². The van der Waals surface area contributed by atoms with E-state index in [9.17, 15) is 0 Å². The van der Waals surface area contributed by atoms with Gasteiger partial charge in [0.15, 0.2) is 5.82 Å². The molecule has 6 rings (SSSR count). The fourth-order valence-electron chi connectivity index (χ4n) is 4.41. The van der Waals surface area contributed by atoms with Gasteiger partial charge in [-0.15, -0.1) is 0 Å². The largest absolute Gasteiger partial charge is 0.380 e. The molecule has 0 saturated heterocycles. The van der Waals surface area contributed by atoms with Crippen LogP contribution in [0.2, 0.25) is 0 Å². The van der Waals surface area contributed by atoms with Crippen molar-refractivity contribution in [3.63, 3.8) is 0 Å². The summed E-state index contributed by atoms with van der Waals surface area (Å²) in [7, 11) is 0. The van der Waals surface area contributed by atoms with Gasteiger partial charge in [-0.25, -0.2) is 4.98 Å². The molecule has 3 aromatic heterocycles. The molecule has 1 atom stereocenters. The van der Waals surface area contributed by atoms with Gasteiger partial charge in [-0.3, -0.25) is 9.97 Å². The number of anilines is 1. The lowest BCUT2D eigenvalue weighted by Crippen LogP contribution is -2.24. The third-order valence-electron chi connectivity index (χ3n) is 6.25. The Morgan fingerprint density at radius 2 is 2.00 bits per heavy atom. The number of hydrazone groups is 1. The van der Waals surface area contributed by atoms with E-state index < -0.39 is 0 Å². The molecule has 3 N–H and O–H groups in total. The first-order chi connectivity index (χ1) is 16.3. The lowest BCUT2D eigenvalue weighted by atomic mass is 9.88. The predicted molar refractivity (Wildman–Crippen MR) is 131 cm³/mol. The number of nitrogens with one attached hydrogen (secondary N) is 3. The van der Waals surface area contributed by atoms with Gasteiger partial charge in [0.25, 0.3) is 0 Å². The van der Waals surface area contributed by atoms with E-state index in [-0.39, 0.29) is 6.04 Å². The zero-order valence-electron chi connectivity index (χ0n) is 18.2. The van der Waals surface area contributed by atoms with Crippen LogP contribution >= 0.6 is 0 Å². The highest BCUT2D eigenvalue weighted by Crippen LogP contribution is 2.32. The lowest BCUT2D eigenvalue weighted by molar-refractivity contribution is 0.644. The Labute approximate surface area is 191 Å². The van der Waals surface area contributed by atoms with E-state index in [4.69, 9.17) is 4.98 Å². The second-order valence-corrected chi connectivity index (χ2v) is 8.31. The Balaban J connectivity index is 1.29. The van der Waals surface area contributed by atoms with E-state index >= 15 is 0 Å². The van der Waals surface area contributed by atoms with E-state index in [2.05, 4.69) is 49.9 Å². The maximum Gasteiger partial charge on any atom is 0.159 e. The minimum atomic E-state index is 0.167. The van der Waals surface area contributed by atoms with Crippen molar-refractivity contribution in [3.8, 4) is 0 Å². The Kier molecular flexibility index (Phi) is 4.72. The number of hydrogen-bond donors (Lipinski definition) is 3. The first-order valence-electron chi connectivity index (χ1n) is 11.0. The van der Waals surface area contributed by atoms with Crippen LogP contribution in [0.4, 0.5) is 5.69 Å². The van der Waals surface area contributed by atoms with E-state index in [1.807, 2.05) is 55.0 Å². The standard InChI is InChI=1S/C26H23N7/c1-16-18(13-29-19-5-4-10-27-14-19)12-28-15-21(16)17-8-9-22-20(11-17)25(33-32-22)26-30-23-6-2-3-7-24(23)31-26/h2-8,10-12,14-15,22,29,32H,9,13H2,1H3,(H,30,31). The van der Waals surface area contributed by atoms with Crippen LogP contribution in [0.25, 0.3) is 16.6 Å². The van der Waals surface area contributed by atoms with Gasteiger partial charge in [-0.2, -0.15) is 5.10 Å². The number of rotatable bonds is 5. The Bertz CT molecular complexity index is 1400. The van der Waals surface area contributed by atoms with Gasteiger partial charge in [0, 0.05) is 42.5 Å². The molecule has 2 aliphatic rings. The summed E-state index contributed by atoms with van der Waals surface area (Å²) >= 11 is 0. The summed E-state index contributed by atoms with van der Waals surface area (Å²) in [5, 5.41) is 8.05. The molecule has 4 aromatic rings. The van der Waals surface area contributed by atoms with Crippen molar-refractivity contribution in [1.82, 2.24) is 25.4 Å². The summed E-state index contributed by atoms with van der Waals surface area (Å²) in [6.07, 6.45) is 12.8. The van der Waals surface area contributed by atoms with Crippen LogP contribution in [0, 0.1) is 6.92 Å². The highest BCUT2D eigenvalue weighted by atomic mass is 15.3. The van der Waals surface area contributed by atoms with Crippen LogP contribution in [-0.4, -0.2) is 31.7 Å². The molecule has 4 heterocycles. The van der Waals surface area contributed by atoms with E-state index in [0.717, 1.165) is 51.4 Å². The summed E-state index contributed by atoms with van der Waals surface area (Å²) in [4.78, 5) is 16.9. The summed E-state index contributed by atoms with van der Waals surface area (Å²) in [5.74, 6) is 0.794. The summed E-state index contributed by atoms with van der Waals surface area (Å²) in [6.45, 7) is 2.85. The van der Waals surface area contributed by atoms with E-state index in [1.54, 1.807) is 6.20 Å². The van der Waals surface area contributed by atoms with Gasteiger partial charge in [0.2, 0.25) is 0 Å². The van der Waals surface area contributed by atoms with Gasteiger partial charge in [0.1, 0.15) is 5.71 Å². The average Bonchev–Trinajstić information content (AvgIpc) is 3.47. The molecule has 1 unspecified atom stereocenters. The minimum absolute atomic E-state index is 0.167. The van der Waals surface area contributed by atoms with Crippen molar-refractivity contribution in [2.45, 2.75) is 25.9 Å². The molecule has 0 saturated carbocycles. The highest BCUT2D eigenvalue weighted by Gasteiger charge is 2.30. The Morgan fingerprint density at radius 1 is 1.06 bits per heavy atom. The molecule has 162 valence electrons. The topological polar surface area (TPSA) is 90.9 Å². The third kappa shape index (κ3) is 3.57. The number of aromatic amines is 1. The van der Waals surface area contributed by atoms with Gasteiger partial charge >= 0.3 is 0 Å². The van der Waals surface area contributed by atoms with Crippen LogP contribution in [0.3, 0.4) is 0 Å². The quantitative estimate of drug-likeness (QED) is 0.435. The summed E-state index contributed by atoms with van der Waals surface area (Å²) in [6, 6.07) is 12.2. The molecule has 0 spiro atoms. The fraction of sp³-hybridized carbons (Fsp3) is 0.154. The molecule has 7 nitrogen and oxygen atoms in total. The molecular weight excluding hydrogens is 410 g/mol. The number of aromatic nitrogens is 4. The molecule has 1 aromatic carbocycles. The first-order valence-corrected chi connectivity index (χ1v) is 11.0. The third-order valence-corrected chi connectivity index (χ3v) is 6.25. The number of H-pyrrole nitrogens is 1. The zero-order chi connectivity index (χ0) is 22.2. The van der Waals surface area contributed by atoms with Crippen molar-refractivity contribution < 1.29 is 0 Å². The van der Waals surface area contributed by atoms with Gasteiger partial charge < -0.3 is 15.7 Å². The van der Waals surface area contributed by atoms with E-state index in [1.165, 1.54) is 11.1 Å². The van der Waals surface area contributed by atoms with Crippen LogP contribution < -0.4 is 10.7 Å². The number of imidazole rings is 1. The molecule has 0 bridgehead atoms. The number of nitrogens with zero attached hydrogens (tertiary/aromatic N) is 4. The van der Waals surface area contributed by atoms with Crippen molar-refractivity contribution in [3.05, 3.63) is 101 Å². The van der Waals surface area contributed by atoms with Crippen molar-refractivity contribution in [2.75, 3.05) is 5.32 Å². The monoisotopic (exact) mass is 433 g/mol. The second-order valence-electron chi connectivity index (χ2n) is 8.31. The Hall–Kier alpha value is -4.26. The zero-order valence-corrected chi connectivity index (χ0v) is 18.2. The normalized spacial score (nSPS) is 17.1. The number of pyridine rings is 2. The Morgan fingerprint density at radius 3 is 2.88 bits per heavy atom. The maximum absolute atomic E-state index is 4.76. The SMILES string of the molecule is Cc1c(CNc2cccnc2)cncc1C1=CCC2NN=C(c3nc4ccccc4[nH]3)C2=C1. The first kappa shape index (κ1) is 19.4. The van der Waals surface area contributed by atoms with Crippen LogP contribution in [-0.2, 0) is 6.54 Å². The van der Waals surface area contributed by atoms with E-state index in [0.29, 0.717) is 6.54 Å². The van der Waals surface area contributed by atoms with Gasteiger partial charge in [-0.1, -0.05) is 18.2 Å². The summed E-state index contributed by atoms with van der Waals surface area (Å²) in [5.41, 5.74) is 12.9. The molecular formula is C26H23N7. The van der Waals surface area contributed by atoms with Crippen molar-refractivity contribution in [2.24, 2.45) is 5.10 Å². The number of benzene rings is 1. The maximum atomic E-state index is 4.76. The molecule has 0 amide bonds. The molecule has 7 heteroatoms. The number of para-hydroxylation sites is 2. The predicted octanol–water partition coefficient (Wildman–Crippen LogP) is 4.36. The summed E-state index contributed by atoms with van der Waals surface area (Å²) < 4.78 is 0. The lowest BCUT2D eigenvalue weighted by Gasteiger charge is -2.19. The van der Waals surface area contributed by atoms with Crippen molar-refractivity contribution >= 4 is 28.0 Å². The number of allylic oxidation sites excluding steroid dienone is 2. The molecule has 0 radical (unpaired) electrons. The van der Waals surface area contributed by atoms with Crippen molar-refractivity contribution in [1.29, 1.82) is 0 Å². The minimum Gasteiger partial charge on any atom is -0.380 e.